The summed E-state index contributed by atoms with van der Waals surface area (Å²) in [4.78, 5) is 28.4. The van der Waals surface area contributed by atoms with E-state index in [1.165, 1.54) is 4.90 Å². The number of urea groups is 1. The van der Waals surface area contributed by atoms with Gasteiger partial charge in [0.05, 0.1) is 11.6 Å². The van der Waals surface area contributed by atoms with Crippen LogP contribution in [0.1, 0.15) is 44.4 Å². The van der Waals surface area contributed by atoms with Crippen LogP contribution in [0.15, 0.2) is 24.3 Å². The Hall–Kier alpha value is -2.39. The molecule has 0 unspecified atom stereocenters. The lowest BCUT2D eigenvalue weighted by Gasteiger charge is -2.27. The summed E-state index contributed by atoms with van der Waals surface area (Å²) >= 11 is 0. The van der Waals surface area contributed by atoms with Crippen LogP contribution in [0, 0.1) is 11.3 Å². The van der Waals surface area contributed by atoms with Crippen LogP contribution in [-0.4, -0.2) is 46.4 Å². The van der Waals surface area contributed by atoms with E-state index in [2.05, 4.69) is 23.2 Å². The Kier molecular flexibility index (Phi) is 4.06. The maximum atomic E-state index is 12.7. The molecule has 2 saturated heterocycles. The first kappa shape index (κ1) is 16.5. The molecule has 2 heterocycles. The molecule has 6 heteroatoms. The van der Waals surface area contributed by atoms with Crippen molar-refractivity contribution in [2.24, 2.45) is 0 Å². The van der Waals surface area contributed by atoms with Gasteiger partial charge in [-0.3, -0.25) is 14.6 Å². The molecule has 2 aliphatic heterocycles. The van der Waals surface area contributed by atoms with Gasteiger partial charge in [0.2, 0.25) is 0 Å². The first-order valence-corrected chi connectivity index (χ1v) is 8.28. The quantitative estimate of drug-likeness (QED) is 0.862. The highest BCUT2D eigenvalue weighted by Crippen LogP contribution is 2.34. The number of hydrogen-bond acceptors (Lipinski definition) is 4. The number of nitrogens with zero attached hydrogens (tertiary/aromatic N) is 3. The Morgan fingerprint density at radius 3 is 2.42 bits per heavy atom. The zero-order valence-corrected chi connectivity index (χ0v) is 14.2. The summed E-state index contributed by atoms with van der Waals surface area (Å²) in [7, 11) is 0. The highest BCUT2D eigenvalue weighted by molar-refractivity contribution is 6.07. The minimum Gasteiger partial charge on any atom is -0.322 e. The third kappa shape index (κ3) is 2.55. The molecule has 2 atom stereocenters. The molecule has 0 aliphatic carbocycles. The lowest BCUT2D eigenvalue weighted by Crippen LogP contribution is -2.49. The van der Waals surface area contributed by atoms with E-state index in [1.807, 2.05) is 26.0 Å². The van der Waals surface area contributed by atoms with E-state index < -0.39 is 5.54 Å². The van der Waals surface area contributed by atoms with Crippen molar-refractivity contribution in [1.82, 2.24) is 15.1 Å². The van der Waals surface area contributed by atoms with Gasteiger partial charge in [-0.25, -0.2) is 4.79 Å². The number of rotatable bonds is 3. The number of amides is 3. The van der Waals surface area contributed by atoms with Crippen LogP contribution in [0.4, 0.5) is 4.79 Å². The SMILES string of the molecule is CC(C)N1C(=O)N[C@]2(CCN([C@H](C)c3ccc(C#N)cc3)C2)C1=O. The molecule has 3 amide bonds. The van der Waals surface area contributed by atoms with Crippen LogP contribution in [0.5, 0.6) is 0 Å². The summed E-state index contributed by atoms with van der Waals surface area (Å²) in [6, 6.07) is 9.32. The summed E-state index contributed by atoms with van der Waals surface area (Å²) in [6.45, 7) is 7.05. The molecule has 1 aromatic carbocycles. The van der Waals surface area contributed by atoms with Gasteiger partial charge in [-0.2, -0.15) is 5.26 Å². The number of nitriles is 1. The van der Waals surface area contributed by atoms with Gasteiger partial charge in [0.25, 0.3) is 5.91 Å². The molecule has 0 radical (unpaired) electrons. The van der Waals surface area contributed by atoms with Crippen molar-refractivity contribution < 1.29 is 9.59 Å². The van der Waals surface area contributed by atoms with Crippen LogP contribution in [0.25, 0.3) is 0 Å². The third-order valence-electron chi connectivity index (χ3n) is 5.08. The van der Waals surface area contributed by atoms with Gasteiger partial charge in [-0.1, -0.05) is 12.1 Å². The van der Waals surface area contributed by atoms with Crippen molar-refractivity contribution in [3.05, 3.63) is 35.4 Å². The van der Waals surface area contributed by atoms with E-state index in [4.69, 9.17) is 5.26 Å². The fourth-order valence-electron chi connectivity index (χ4n) is 3.60. The van der Waals surface area contributed by atoms with Gasteiger partial charge < -0.3 is 5.32 Å². The Bertz CT molecular complexity index is 707. The fraction of sp³-hybridized carbons (Fsp3) is 0.500. The normalized spacial score (nSPS) is 25.4. The second-order valence-corrected chi connectivity index (χ2v) is 6.91. The van der Waals surface area contributed by atoms with Crippen molar-refractivity contribution in [2.45, 2.75) is 44.8 Å². The number of benzene rings is 1. The van der Waals surface area contributed by atoms with Crippen LogP contribution in [0.2, 0.25) is 0 Å². The molecule has 126 valence electrons. The van der Waals surface area contributed by atoms with Gasteiger partial charge in [0.15, 0.2) is 0 Å². The van der Waals surface area contributed by atoms with Crippen LogP contribution >= 0.6 is 0 Å². The topological polar surface area (TPSA) is 76.4 Å². The molecule has 2 aliphatic rings. The van der Waals surface area contributed by atoms with E-state index in [0.29, 0.717) is 18.5 Å². The Morgan fingerprint density at radius 1 is 1.21 bits per heavy atom. The summed E-state index contributed by atoms with van der Waals surface area (Å²) in [6.07, 6.45) is 0.626. The number of carbonyl (C=O) groups excluding carboxylic acids is 2. The monoisotopic (exact) mass is 326 g/mol. The molecule has 1 N–H and O–H groups in total. The average molecular weight is 326 g/mol. The maximum absolute atomic E-state index is 12.7. The number of hydrogen-bond donors (Lipinski definition) is 1. The van der Waals surface area contributed by atoms with Gasteiger partial charge in [0.1, 0.15) is 5.54 Å². The Labute approximate surface area is 142 Å². The van der Waals surface area contributed by atoms with Crippen LogP contribution in [-0.2, 0) is 4.79 Å². The van der Waals surface area contributed by atoms with Crippen molar-refractivity contribution in [1.29, 1.82) is 5.26 Å². The molecule has 1 spiro atoms. The first-order chi connectivity index (χ1) is 11.4. The van der Waals surface area contributed by atoms with Crippen molar-refractivity contribution in [2.75, 3.05) is 13.1 Å². The molecule has 0 bridgehead atoms. The smallest absolute Gasteiger partial charge is 0.322 e. The largest absolute Gasteiger partial charge is 0.325 e. The van der Waals surface area contributed by atoms with Crippen molar-refractivity contribution in [3.63, 3.8) is 0 Å². The third-order valence-corrected chi connectivity index (χ3v) is 5.08. The van der Waals surface area contributed by atoms with Gasteiger partial charge >= 0.3 is 6.03 Å². The number of nitrogens with one attached hydrogen (secondary N) is 1. The van der Waals surface area contributed by atoms with Gasteiger partial charge in [-0.15, -0.1) is 0 Å². The van der Waals surface area contributed by atoms with Crippen molar-refractivity contribution in [3.8, 4) is 6.07 Å². The second kappa shape index (κ2) is 5.91. The lowest BCUT2D eigenvalue weighted by atomic mass is 9.98. The molecule has 3 rings (SSSR count). The lowest BCUT2D eigenvalue weighted by molar-refractivity contribution is -0.132. The van der Waals surface area contributed by atoms with E-state index >= 15 is 0 Å². The number of carbonyl (C=O) groups is 2. The van der Waals surface area contributed by atoms with Gasteiger partial charge in [0, 0.05) is 25.2 Å². The first-order valence-electron chi connectivity index (χ1n) is 8.28. The standard InChI is InChI=1S/C18H22N4O2/c1-12(2)22-16(23)18(20-17(22)24)8-9-21(11-18)13(3)15-6-4-14(10-19)5-7-15/h4-7,12-13H,8-9,11H2,1-3H3,(H,20,24)/t13-,18+/m1/s1. The minimum atomic E-state index is -0.789. The molecular formula is C18H22N4O2. The minimum absolute atomic E-state index is 0.114. The predicted molar refractivity (Wildman–Crippen MR) is 89.0 cm³/mol. The Balaban J connectivity index is 1.76. The zero-order chi connectivity index (χ0) is 17.5. The summed E-state index contributed by atoms with van der Waals surface area (Å²) in [5.41, 5.74) is 0.945. The predicted octanol–water partition coefficient (Wildman–Crippen LogP) is 2.02. The highest BCUT2D eigenvalue weighted by atomic mass is 16.2. The molecule has 6 nitrogen and oxygen atoms in total. The molecule has 1 aromatic rings. The average Bonchev–Trinajstić information content (AvgIpc) is 3.09. The summed E-state index contributed by atoms with van der Waals surface area (Å²) in [5, 5.41) is 11.8. The number of imide groups is 1. The maximum Gasteiger partial charge on any atom is 0.325 e. The van der Waals surface area contributed by atoms with E-state index in [9.17, 15) is 9.59 Å². The fourth-order valence-corrected chi connectivity index (χ4v) is 3.60. The van der Waals surface area contributed by atoms with Crippen LogP contribution < -0.4 is 5.32 Å². The summed E-state index contributed by atoms with van der Waals surface area (Å²) < 4.78 is 0. The highest BCUT2D eigenvalue weighted by Gasteiger charge is 2.55. The molecule has 24 heavy (non-hydrogen) atoms. The Morgan fingerprint density at radius 2 is 1.88 bits per heavy atom. The van der Waals surface area contributed by atoms with E-state index in [0.717, 1.165) is 12.1 Å². The molecule has 0 aromatic heterocycles. The second-order valence-electron chi connectivity index (χ2n) is 6.91. The van der Waals surface area contributed by atoms with Crippen molar-refractivity contribution >= 4 is 11.9 Å². The number of likely N-dealkylation sites (tertiary alicyclic amines) is 1. The zero-order valence-electron chi connectivity index (χ0n) is 14.2. The molecule has 2 fully saturated rings. The van der Waals surface area contributed by atoms with Crippen LogP contribution in [0.3, 0.4) is 0 Å². The van der Waals surface area contributed by atoms with E-state index in [1.54, 1.807) is 12.1 Å². The van der Waals surface area contributed by atoms with Gasteiger partial charge in [-0.05, 0) is 44.9 Å². The van der Waals surface area contributed by atoms with E-state index in [-0.39, 0.29) is 24.0 Å². The molecular weight excluding hydrogens is 304 g/mol. The molecule has 0 saturated carbocycles. The summed E-state index contributed by atoms with van der Waals surface area (Å²) in [5.74, 6) is -0.114.